The third kappa shape index (κ3) is 7.22. The Morgan fingerprint density at radius 1 is 0.891 bits per heavy atom. The first-order chi connectivity index (χ1) is 21.7. The molecular formula is C32H26F6N4O4. The van der Waals surface area contributed by atoms with Crippen LogP contribution in [0.5, 0.6) is 0 Å². The van der Waals surface area contributed by atoms with Crippen molar-refractivity contribution in [3.8, 4) is 0 Å². The van der Waals surface area contributed by atoms with E-state index in [0.29, 0.717) is 34.2 Å². The van der Waals surface area contributed by atoms with Crippen molar-refractivity contribution in [3.05, 3.63) is 107 Å². The number of H-pyrrole nitrogens is 1. The number of nitrogens with zero attached hydrogens (tertiary/aromatic N) is 1. The van der Waals surface area contributed by atoms with Crippen molar-refractivity contribution in [3.63, 3.8) is 0 Å². The van der Waals surface area contributed by atoms with E-state index in [4.69, 9.17) is 0 Å². The van der Waals surface area contributed by atoms with Crippen molar-refractivity contribution in [2.45, 2.75) is 31.4 Å². The van der Waals surface area contributed by atoms with Crippen LogP contribution in [0.15, 0.2) is 79.0 Å². The average molecular weight is 645 g/mol. The number of alkyl halides is 6. The van der Waals surface area contributed by atoms with Crippen LogP contribution < -0.4 is 10.6 Å². The van der Waals surface area contributed by atoms with E-state index in [2.05, 4.69) is 15.6 Å². The average Bonchev–Trinajstić information content (AvgIpc) is 3.42. The number of hydrogen-bond donors (Lipinski definition) is 3. The fourth-order valence-electron chi connectivity index (χ4n) is 5.31. The molecule has 1 aliphatic heterocycles. The normalized spacial score (nSPS) is 16.3. The highest BCUT2D eigenvalue weighted by atomic mass is 19.4. The topological polar surface area (TPSA) is 111 Å². The van der Waals surface area contributed by atoms with E-state index in [1.807, 2.05) is 0 Å². The Labute approximate surface area is 257 Å². The van der Waals surface area contributed by atoms with E-state index in [1.54, 1.807) is 60.8 Å². The van der Waals surface area contributed by atoms with Crippen LogP contribution in [0.25, 0.3) is 10.9 Å². The van der Waals surface area contributed by atoms with Crippen LogP contribution in [0.4, 0.5) is 26.3 Å². The van der Waals surface area contributed by atoms with Crippen molar-refractivity contribution in [2.24, 2.45) is 5.92 Å². The molecule has 2 atom stereocenters. The van der Waals surface area contributed by atoms with Crippen LogP contribution in [0.3, 0.4) is 0 Å². The molecule has 5 rings (SSSR count). The van der Waals surface area contributed by atoms with E-state index in [1.165, 1.54) is 0 Å². The molecule has 0 radical (unpaired) electrons. The number of benzene rings is 3. The molecular weight excluding hydrogens is 618 g/mol. The number of ketones is 1. The van der Waals surface area contributed by atoms with Gasteiger partial charge in [0.15, 0.2) is 5.78 Å². The molecule has 0 bridgehead atoms. The Bertz CT molecular complexity index is 1750. The van der Waals surface area contributed by atoms with E-state index in [0.717, 1.165) is 4.90 Å². The maximum Gasteiger partial charge on any atom is 0.416 e. The van der Waals surface area contributed by atoms with Gasteiger partial charge in [-0.15, -0.1) is 0 Å². The zero-order valence-electron chi connectivity index (χ0n) is 23.8. The van der Waals surface area contributed by atoms with Crippen molar-refractivity contribution < 1.29 is 45.5 Å². The van der Waals surface area contributed by atoms with Crippen molar-refractivity contribution in [1.29, 1.82) is 0 Å². The lowest BCUT2D eigenvalue weighted by molar-refractivity contribution is -0.147. The first-order valence-corrected chi connectivity index (χ1v) is 14.0. The lowest BCUT2D eigenvalue weighted by atomic mass is 9.93. The highest BCUT2D eigenvalue weighted by Crippen LogP contribution is 2.36. The van der Waals surface area contributed by atoms with Crippen LogP contribution in [-0.4, -0.2) is 46.5 Å². The Morgan fingerprint density at radius 3 is 2.17 bits per heavy atom. The minimum atomic E-state index is -5.08. The molecule has 14 heteroatoms. The van der Waals surface area contributed by atoms with Gasteiger partial charge < -0.3 is 20.5 Å². The monoisotopic (exact) mass is 644 g/mol. The molecule has 0 aliphatic carbocycles. The van der Waals surface area contributed by atoms with Gasteiger partial charge in [0, 0.05) is 23.6 Å². The van der Waals surface area contributed by atoms with Crippen LogP contribution in [0.1, 0.15) is 33.9 Å². The van der Waals surface area contributed by atoms with E-state index < -0.39 is 84.1 Å². The Morgan fingerprint density at radius 2 is 1.52 bits per heavy atom. The summed E-state index contributed by atoms with van der Waals surface area (Å²) >= 11 is 0. The van der Waals surface area contributed by atoms with Gasteiger partial charge in [-0.05, 0) is 47.4 Å². The molecule has 0 spiro atoms. The molecule has 3 aromatic carbocycles. The SMILES string of the molecule is O=C1CN(CC(=O)C(Cc2c[nH]c3ccccc23)C(=O)NCc2cc(C(F)(F)F)cc(C(F)(F)F)c2)C(=O)C(c2ccccc2)N1. The quantitative estimate of drug-likeness (QED) is 0.177. The minimum absolute atomic E-state index is 0.0247. The number of fused-ring (bicyclic) bond motifs is 1. The number of halogens is 6. The van der Waals surface area contributed by atoms with Gasteiger partial charge in [-0.2, -0.15) is 26.3 Å². The Balaban J connectivity index is 1.40. The second kappa shape index (κ2) is 12.7. The molecule has 1 aromatic heterocycles. The molecule has 2 heterocycles. The molecule has 1 fully saturated rings. The second-order valence-electron chi connectivity index (χ2n) is 10.8. The fourth-order valence-corrected chi connectivity index (χ4v) is 5.31. The van der Waals surface area contributed by atoms with Gasteiger partial charge >= 0.3 is 12.4 Å². The second-order valence-corrected chi connectivity index (χ2v) is 10.8. The molecule has 2 unspecified atom stereocenters. The van der Waals surface area contributed by atoms with Gasteiger partial charge in [-0.3, -0.25) is 19.2 Å². The van der Waals surface area contributed by atoms with E-state index in [-0.39, 0.29) is 12.5 Å². The largest absolute Gasteiger partial charge is 0.416 e. The maximum absolute atomic E-state index is 13.7. The fraction of sp³-hybridized carbons (Fsp3) is 0.250. The zero-order valence-corrected chi connectivity index (χ0v) is 23.8. The third-order valence-corrected chi connectivity index (χ3v) is 7.60. The van der Waals surface area contributed by atoms with Gasteiger partial charge in [0.05, 0.1) is 17.7 Å². The number of Topliss-reactive ketones (excluding diaryl/α,β-unsaturated/α-hetero) is 1. The number of piperazine rings is 1. The summed E-state index contributed by atoms with van der Waals surface area (Å²) in [6.07, 6.45) is -8.80. The van der Waals surface area contributed by atoms with Gasteiger partial charge in [-0.1, -0.05) is 48.5 Å². The molecule has 8 nitrogen and oxygen atoms in total. The molecule has 3 amide bonds. The minimum Gasteiger partial charge on any atom is -0.361 e. The van der Waals surface area contributed by atoms with E-state index >= 15 is 0 Å². The maximum atomic E-state index is 13.7. The number of carbonyl (C=O) groups is 4. The summed E-state index contributed by atoms with van der Waals surface area (Å²) in [5, 5.41) is 5.56. The van der Waals surface area contributed by atoms with Gasteiger partial charge in [0.25, 0.3) is 5.91 Å². The van der Waals surface area contributed by atoms with Crippen LogP contribution >= 0.6 is 0 Å². The van der Waals surface area contributed by atoms with Gasteiger partial charge in [0.1, 0.15) is 18.5 Å². The standard InChI is InChI=1S/C32H26F6N4O4/c33-31(34,35)21-10-18(11-22(13-21)32(36,37)38)14-40-29(45)24(12-20-15-39-25-9-5-4-8-23(20)25)26(43)16-42-17-27(44)41-28(30(42)46)19-6-2-1-3-7-19/h1-11,13,15,24,28,39H,12,14,16-17H2,(H,40,45)(H,41,44). The van der Waals surface area contributed by atoms with E-state index in [9.17, 15) is 45.5 Å². The predicted octanol–water partition coefficient (Wildman–Crippen LogP) is 4.95. The summed E-state index contributed by atoms with van der Waals surface area (Å²) in [6.45, 7) is -1.85. The smallest absolute Gasteiger partial charge is 0.361 e. The number of rotatable bonds is 9. The first kappa shape index (κ1) is 32.3. The first-order valence-electron chi connectivity index (χ1n) is 14.0. The van der Waals surface area contributed by atoms with Gasteiger partial charge in [0.2, 0.25) is 11.8 Å². The predicted molar refractivity (Wildman–Crippen MR) is 153 cm³/mol. The zero-order chi connectivity index (χ0) is 33.2. The lowest BCUT2D eigenvalue weighted by Gasteiger charge is -2.33. The third-order valence-electron chi connectivity index (χ3n) is 7.60. The molecule has 1 saturated heterocycles. The number of aromatic amines is 1. The molecule has 3 N–H and O–H groups in total. The summed E-state index contributed by atoms with van der Waals surface area (Å²) < 4.78 is 80.2. The van der Waals surface area contributed by atoms with Crippen LogP contribution in [0.2, 0.25) is 0 Å². The number of aromatic nitrogens is 1. The highest BCUT2D eigenvalue weighted by molar-refractivity contribution is 6.05. The number of hydrogen-bond acceptors (Lipinski definition) is 4. The van der Waals surface area contributed by atoms with Crippen LogP contribution in [-0.2, 0) is 44.5 Å². The number of carbonyl (C=O) groups excluding carboxylic acids is 4. The Hall–Kier alpha value is -5.14. The lowest BCUT2D eigenvalue weighted by Crippen LogP contribution is -2.55. The number of para-hydroxylation sites is 1. The summed E-state index contributed by atoms with van der Waals surface area (Å²) in [5.41, 5.74) is -1.87. The molecule has 240 valence electrons. The van der Waals surface area contributed by atoms with Crippen molar-refractivity contribution in [2.75, 3.05) is 13.1 Å². The summed E-state index contributed by atoms with van der Waals surface area (Å²) in [7, 11) is 0. The molecule has 1 aliphatic rings. The molecule has 4 aromatic rings. The Kier molecular flexibility index (Phi) is 8.90. The molecule has 0 saturated carbocycles. The van der Waals surface area contributed by atoms with Gasteiger partial charge in [-0.25, -0.2) is 0 Å². The summed E-state index contributed by atoms with van der Waals surface area (Å²) in [6, 6.07) is 15.2. The van der Waals surface area contributed by atoms with Crippen LogP contribution in [0, 0.1) is 5.92 Å². The summed E-state index contributed by atoms with van der Waals surface area (Å²) in [4.78, 5) is 57.0. The van der Waals surface area contributed by atoms with Crippen molar-refractivity contribution >= 4 is 34.4 Å². The molecule has 46 heavy (non-hydrogen) atoms. The number of amides is 3. The highest BCUT2D eigenvalue weighted by Gasteiger charge is 2.39. The summed E-state index contributed by atoms with van der Waals surface area (Å²) in [5.74, 6) is -4.40. The number of nitrogens with one attached hydrogen (secondary N) is 3. The van der Waals surface area contributed by atoms with Crippen molar-refractivity contribution in [1.82, 2.24) is 20.5 Å².